The van der Waals surface area contributed by atoms with Gasteiger partial charge in [-0.05, 0) is 48.4 Å². The van der Waals surface area contributed by atoms with Gasteiger partial charge in [0.2, 0.25) is 0 Å². The molecule has 0 radical (unpaired) electrons. The number of hydrogen-bond acceptors (Lipinski definition) is 5. The fourth-order valence-electron chi connectivity index (χ4n) is 3.49. The summed E-state index contributed by atoms with van der Waals surface area (Å²) in [6.07, 6.45) is 0. The Hall–Kier alpha value is -3.73. The fourth-order valence-corrected chi connectivity index (χ4v) is 3.49. The van der Waals surface area contributed by atoms with Crippen molar-refractivity contribution in [3.63, 3.8) is 0 Å². The molecule has 0 unspecified atom stereocenters. The number of benzene rings is 3. The SMILES string of the molecule is COc1ccc(-c2cc(=O)oc3c(C)c(OCc4ccccc4OC)ccc23)cc1. The molecule has 4 aromatic rings. The van der Waals surface area contributed by atoms with E-state index in [1.54, 1.807) is 14.2 Å². The summed E-state index contributed by atoms with van der Waals surface area (Å²) in [6, 6.07) is 20.6. The highest BCUT2D eigenvalue weighted by Gasteiger charge is 2.14. The molecule has 0 aliphatic rings. The molecule has 0 aliphatic heterocycles. The molecule has 3 aromatic carbocycles. The van der Waals surface area contributed by atoms with Crippen molar-refractivity contribution in [3.05, 3.63) is 88.3 Å². The Kier molecular flexibility index (Phi) is 5.44. The first-order valence-electron chi connectivity index (χ1n) is 9.57. The standard InChI is InChI=1S/C25H22O5/c1-16-22(29-15-18-6-4-5-7-23(18)28-3)13-12-20-21(14-24(26)30-25(16)20)17-8-10-19(27-2)11-9-17/h4-14H,15H2,1-3H3. The summed E-state index contributed by atoms with van der Waals surface area (Å²) in [5.74, 6) is 2.18. The lowest BCUT2D eigenvalue weighted by molar-refractivity contribution is 0.294. The molecule has 0 spiro atoms. The van der Waals surface area contributed by atoms with Crippen molar-refractivity contribution in [2.24, 2.45) is 0 Å². The molecule has 0 N–H and O–H groups in total. The number of fused-ring (bicyclic) bond motifs is 1. The van der Waals surface area contributed by atoms with E-state index in [4.69, 9.17) is 18.6 Å². The molecule has 152 valence electrons. The molecular weight excluding hydrogens is 380 g/mol. The van der Waals surface area contributed by atoms with Gasteiger partial charge in [0.15, 0.2) is 0 Å². The summed E-state index contributed by atoms with van der Waals surface area (Å²) in [5, 5.41) is 0.849. The van der Waals surface area contributed by atoms with Crippen LogP contribution in [0.2, 0.25) is 0 Å². The third-order valence-electron chi connectivity index (χ3n) is 5.09. The topological polar surface area (TPSA) is 57.9 Å². The first-order chi connectivity index (χ1) is 14.6. The first-order valence-corrected chi connectivity index (χ1v) is 9.57. The second-order valence-corrected chi connectivity index (χ2v) is 6.87. The highest BCUT2D eigenvalue weighted by Crippen LogP contribution is 2.34. The number of methoxy groups -OCH3 is 2. The molecule has 4 rings (SSSR count). The predicted octanol–water partition coefficient (Wildman–Crippen LogP) is 5.36. The maximum absolute atomic E-state index is 12.3. The van der Waals surface area contributed by atoms with Crippen LogP contribution in [0.4, 0.5) is 0 Å². The third kappa shape index (κ3) is 3.74. The van der Waals surface area contributed by atoms with Gasteiger partial charge in [0.05, 0.1) is 14.2 Å². The van der Waals surface area contributed by atoms with Crippen molar-refractivity contribution >= 4 is 11.0 Å². The molecule has 5 nitrogen and oxygen atoms in total. The van der Waals surface area contributed by atoms with E-state index >= 15 is 0 Å². The summed E-state index contributed by atoms with van der Waals surface area (Å²) in [4.78, 5) is 12.3. The van der Waals surface area contributed by atoms with Gasteiger partial charge in [-0.25, -0.2) is 4.79 Å². The van der Waals surface area contributed by atoms with E-state index in [-0.39, 0.29) is 0 Å². The van der Waals surface area contributed by atoms with Crippen molar-refractivity contribution in [2.75, 3.05) is 14.2 Å². The van der Waals surface area contributed by atoms with E-state index in [1.165, 1.54) is 6.07 Å². The number of ether oxygens (including phenoxy) is 3. The Labute approximate surface area is 174 Å². The van der Waals surface area contributed by atoms with Gasteiger partial charge in [-0.3, -0.25) is 0 Å². The number of hydrogen-bond donors (Lipinski definition) is 0. The Morgan fingerprint density at radius 3 is 2.37 bits per heavy atom. The average molecular weight is 402 g/mol. The van der Waals surface area contributed by atoms with Gasteiger partial charge in [0.1, 0.15) is 29.4 Å². The normalized spacial score (nSPS) is 10.8. The molecule has 30 heavy (non-hydrogen) atoms. The fraction of sp³-hybridized carbons (Fsp3) is 0.160. The molecule has 1 aromatic heterocycles. The summed E-state index contributed by atoms with van der Waals surface area (Å²) >= 11 is 0. The molecule has 0 aliphatic carbocycles. The number of aryl methyl sites for hydroxylation is 1. The van der Waals surface area contributed by atoms with Crippen LogP contribution in [0.3, 0.4) is 0 Å². The number of para-hydroxylation sites is 1. The van der Waals surface area contributed by atoms with Crippen molar-refractivity contribution in [1.29, 1.82) is 0 Å². The van der Waals surface area contributed by atoms with Gasteiger partial charge in [-0.15, -0.1) is 0 Å². The minimum atomic E-state index is -0.404. The van der Waals surface area contributed by atoms with E-state index < -0.39 is 5.63 Å². The Morgan fingerprint density at radius 1 is 0.867 bits per heavy atom. The lowest BCUT2D eigenvalue weighted by Crippen LogP contribution is -2.02. The molecule has 0 saturated heterocycles. The summed E-state index contributed by atoms with van der Waals surface area (Å²) in [5.41, 5.74) is 3.55. The molecule has 0 bridgehead atoms. The number of rotatable bonds is 6. The Bertz CT molecular complexity index is 1240. The average Bonchev–Trinajstić information content (AvgIpc) is 2.79. The monoisotopic (exact) mass is 402 g/mol. The predicted molar refractivity (Wildman–Crippen MR) is 117 cm³/mol. The van der Waals surface area contributed by atoms with E-state index in [2.05, 4.69) is 0 Å². The third-order valence-corrected chi connectivity index (χ3v) is 5.09. The molecule has 0 fully saturated rings. The Balaban J connectivity index is 1.72. The van der Waals surface area contributed by atoms with E-state index in [9.17, 15) is 4.79 Å². The van der Waals surface area contributed by atoms with Crippen LogP contribution in [0.1, 0.15) is 11.1 Å². The summed E-state index contributed by atoms with van der Waals surface area (Å²) in [7, 11) is 3.26. The lowest BCUT2D eigenvalue weighted by Gasteiger charge is -2.14. The largest absolute Gasteiger partial charge is 0.497 e. The zero-order chi connectivity index (χ0) is 21.1. The van der Waals surface area contributed by atoms with Crippen LogP contribution < -0.4 is 19.8 Å². The smallest absolute Gasteiger partial charge is 0.336 e. The zero-order valence-corrected chi connectivity index (χ0v) is 17.1. The lowest BCUT2D eigenvalue weighted by atomic mass is 10.00. The summed E-state index contributed by atoms with van der Waals surface area (Å²) in [6.45, 7) is 2.24. The minimum Gasteiger partial charge on any atom is -0.497 e. The van der Waals surface area contributed by atoms with Crippen molar-refractivity contribution < 1.29 is 18.6 Å². The van der Waals surface area contributed by atoms with Gasteiger partial charge in [-0.1, -0.05) is 30.3 Å². The van der Waals surface area contributed by atoms with Crippen LogP contribution in [0.5, 0.6) is 17.2 Å². The van der Waals surface area contributed by atoms with Gasteiger partial charge >= 0.3 is 5.63 Å². The maximum Gasteiger partial charge on any atom is 0.336 e. The maximum atomic E-state index is 12.3. The highest BCUT2D eigenvalue weighted by molar-refractivity contribution is 5.95. The second kappa shape index (κ2) is 8.33. The van der Waals surface area contributed by atoms with Crippen molar-refractivity contribution in [2.45, 2.75) is 13.5 Å². The highest BCUT2D eigenvalue weighted by atomic mass is 16.5. The quantitative estimate of drug-likeness (QED) is 0.406. The molecular formula is C25H22O5. The summed E-state index contributed by atoms with van der Waals surface area (Å²) < 4.78 is 22.2. The molecule has 0 saturated carbocycles. The molecule has 1 heterocycles. The van der Waals surface area contributed by atoms with Crippen LogP contribution in [0.25, 0.3) is 22.1 Å². The molecule has 5 heteroatoms. The first kappa shape index (κ1) is 19.6. The van der Waals surface area contributed by atoms with Crippen LogP contribution in [-0.2, 0) is 6.61 Å². The second-order valence-electron chi connectivity index (χ2n) is 6.87. The van der Waals surface area contributed by atoms with Crippen LogP contribution >= 0.6 is 0 Å². The Morgan fingerprint density at radius 2 is 1.63 bits per heavy atom. The minimum absolute atomic E-state index is 0.346. The van der Waals surface area contributed by atoms with Gasteiger partial charge in [-0.2, -0.15) is 0 Å². The van der Waals surface area contributed by atoms with E-state index in [0.717, 1.165) is 39.1 Å². The van der Waals surface area contributed by atoms with E-state index in [1.807, 2.05) is 67.6 Å². The van der Waals surface area contributed by atoms with Gasteiger partial charge in [0.25, 0.3) is 0 Å². The van der Waals surface area contributed by atoms with Crippen LogP contribution in [0.15, 0.2) is 75.9 Å². The van der Waals surface area contributed by atoms with E-state index in [0.29, 0.717) is 17.9 Å². The van der Waals surface area contributed by atoms with Crippen molar-refractivity contribution in [1.82, 2.24) is 0 Å². The molecule has 0 atom stereocenters. The zero-order valence-electron chi connectivity index (χ0n) is 17.1. The van der Waals surface area contributed by atoms with Crippen molar-refractivity contribution in [3.8, 4) is 28.4 Å². The molecule has 0 amide bonds. The van der Waals surface area contributed by atoms with Gasteiger partial charge < -0.3 is 18.6 Å². The van der Waals surface area contributed by atoms with Crippen LogP contribution in [-0.4, -0.2) is 14.2 Å². The van der Waals surface area contributed by atoms with Crippen LogP contribution in [0, 0.1) is 6.92 Å². The van der Waals surface area contributed by atoms with Gasteiger partial charge in [0, 0.05) is 22.6 Å².